The second-order valence-corrected chi connectivity index (χ2v) is 6.10. The summed E-state index contributed by atoms with van der Waals surface area (Å²) in [6.07, 6.45) is 0.0917. The quantitative estimate of drug-likeness (QED) is 0.719. The van der Waals surface area contributed by atoms with Gasteiger partial charge in [0, 0.05) is 17.4 Å². The van der Waals surface area contributed by atoms with Crippen LogP contribution >= 0.6 is 11.6 Å². The number of Topliss-reactive ketones (excluding diaryl/α,β-unsaturated/α-hetero) is 1. The van der Waals surface area contributed by atoms with Crippen LogP contribution in [0.2, 0.25) is 5.02 Å². The Morgan fingerprint density at radius 1 is 1.21 bits per heavy atom. The highest BCUT2D eigenvalue weighted by Crippen LogP contribution is 2.36. The fraction of sp³-hybridized carbons (Fsp3) is 0.158. The molecule has 0 fully saturated rings. The number of fused-ring (bicyclic) bond motifs is 1. The van der Waals surface area contributed by atoms with Crippen LogP contribution in [0.5, 0.6) is 5.75 Å². The third kappa shape index (κ3) is 3.05. The van der Waals surface area contributed by atoms with E-state index in [9.17, 15) is 14.7 Å². The number of carbonyl (C=O) groups excluding carboxylic acids is 1. The summed E-state index contributed by atoms with van der Waals surface area (Å²) in [4.78, 5) is 24.2. The Morgan fingerprint density at radius 3 is 2.58 bits per heavy atom. The van der Waals surface area contributed by atoms with Crippen LogP contribution in [0.4, 0.5) is 0 Å². The molecule has 0 bridgehead atoms. The molecule has 122 valence electrons. The molecule has 1 heterocycles. The molecule has 0 saturated carbocycles. The Labute approximate surface area is 143 Å². The van der Waals surface area contributed by atoms with Crippen LogP contribution in [0, 0.1) is 0 Å². The van der Waals surface area contributed by atoms with Crippen molar-refractivity contribution in [3.8, 4) is 5.75 Å². The van der Waals surface area contributed by atoms with Crippen LogP contribution in [0.3, 0.4) is 0 Å². The Balaban J connectivity index is 2.28. The van der Waals surface area contributed by atoms with Gasteiger partial charge in [0.2, 0.25) is 0 Å². The Hall–Kier alpha value is -2.59. The predicted octanol–water partition coefficient (Wildman–Crippen LogP) is 4.26. The van der Waals surface area contributed by atoms with Crippen molar-refractivity contribution in [2.24, 2.45) is 0 Å². The van der Waals surface area contributed by atoms with E-state index in [1.54, 1.807) is 6.07 Å². The second kappa shape index (κ2) is 6.49. The van der Waals surface area contributed by atoms with E-state index in [-0.39, 0.29) is 29.1 Å². The third-order valence-electron chi connectivity index (χ3n) is 3.92. The minimum Gasteiger partial charge on any atom is -0.507 e. The van der Waals surface area contributed by atoms with Crippen molar-refractivity contribution in [2.45, 2.75) is 19.3 Å². The zero-order chi connectivity index (χ0) is 17.3. The lowest BCUT2D eigenvalue weighted by atomic mass is 9.87. The van der Waals surface area contributed by atoms with Crippen LogP contribution in [-0.4, -0.2) is 10.9 Å². The first-order valence-electron chi connectivity index (χ1n) is 7.47. The van der Waals surface area contributed by atoms with E-state index in [2.05, 4.69) is 0 Å². The first kappa shape index (κ1) is 16.3. The van der Waals surface area contributed by atoms with E-state index in [1.807, 2.05) is 30.3 Å². The first-order chi connectivity index (χ1) is 11.5. The van der Waals surface area contributed by atoms with Gasteiger partial charge in [-0.05, 0) is 30.7 Å². The number of carbonyl (C=O) groups is 1. The maximum absolute atomic E-state index is 12.5. The summed E-state index contributed by atoms with van der Waals surface area (Å²) in [5.41, 5.74) is 0.431. The molecule has 0 radical (unpaired) electrons. The largest absolute Gasteiger partial charge is 0.507 e. The summed E-state index contributed by atoms with van der Waals surface area (Å²) in [5.74, 6) is -0.865. The van der Waals surface area contributed by atoms with Crippen molar-refractivity contribution in [2.75, 3.05) is 0 Å². The van der Waals surface area contributed by atoms with Crippen molar-refractivity contribution in [3.63, 3.8) is 0 Å². The molecule has 0 aliphatic heterocycles. The summed E-state index contributed by atoms with van der Waals surface area (Å²) in [5, 5.41) is 11.4. The smallest absolute Gasteiger partial charge is 0.343 e. The van der Waals surface area contributed by atoms with Crippen molar-refractivity contribution in [1.82, 2.24) is 0 Å². The monoisotopic (exact) mass is 342 g/mol. The second-order valence-electron chi connectivity index (χ2n) is 5.66. The summed E-state index contributed by atoms with van der Waals surface area (Å²) in [6.45, 7) is 1.45. The summed E-state index contributed by atoms with van der Waals surface area (Å²) < 4.78 is 5.33. The number of hydrogen-bond acceptors (Lipinski definition) is 4. The highest BCUT2D eigenvalue weighted by atomic mass is 35.5. The lowest BCUT2D eigenvalue weighted by Crippen LogP contribution is -2.16. The van der Waals surface area contributed by atoms with E-state index in [1.165, 1.54) is 19.1 Å². The molecule has 1 N–H and O–H groups in total. The van der Waals surface area contributed by atoms with Gasteiger partial charge in [-0.1, -0.05) is 41.9 Å². The van der Waals surface area contributed by atoms with Crippen LogP contribution in [0.15, 0.2) is 57.7 Å². The number of benzene rings is 2. The fourth-order valence-corrected chi connectivity index (χ4v) is 3.01. The van der Waals surface area contributed by atoms with Crippen molar-refractivity contribution in [3.05, 3.63) is 75.1 Å². The van der Waals surface area contributed by atoms with E-state index in [0.29, 0.717) is 10.4 Å². The molecule has 0 aliphatic rings. The van der Waals surface area contributed by atoms with E-state index >= 15 is 0 Å². The van der Waals surface area contributed by atoms with Gasteiger partial charge in [0.25, 0.3) is 0 Å². The van der Waals surface area contributed by atoms with Gasteiger partial charge in [0.05, 0.1) is 10.9 Å². The molecule has 3 rings (SSSR count). The SMILES string of the molecule is CC(=O)C[C@@H](c1ccccc1)c1c(O)c2cc(Cl)ccc2oc1=O. The normalized spacial score (nSPS) is 12.2. The summed E-state index contributed by atoms with van der Waals surface area (Å²) >= 11 is 5.98. The molecule has 0 aliphatic carbocycles. The van der Waals surface area contributed by atoms with Gasteiger partial charge in [-0.15, -0.1) is 0 Å². The Kier molecular flexibility index (Phi) is 4.40. The minimum absolute atomic E-state index is 0.0752. The number of rotatable bonds is 4. The molecule has 2 aromatic carbocycles. The molecule has 0 spiro atoms. The molecular weight excluding hydrogens is 328 g/mol. The summed E-state index contributed by atoms with van der Waals surface area (Å²) in [7, 11) is 0. The predicted molar refractivity (Wildman–Crippen MR) is 92.7 cm³/mol. The number of hydrogen-bond donors (Lipinski definition) is 1. The number of aromatic hydroxyl groups is 1. The van der Waals surface area contributed by atoms with E-state index < -0.39 is 11.5 Å². The zero-order valence-electron chi connectivity index (χ0n) is 13.0. The lowest BCUT2D eigenvalue weighted by Gasteiger charge is -2.17. The van der Waals surface area contributed by atoms with E-state index in [4.69, 9.17) is 16.0 Å². The van der Waals surface area contributed by atoms with Gasteiger partial charge in [0.1, 0.15) is 17.1 Å². The van der Waals surface area contributed by atoms with Crippen LogP contribution in [0.1, 0.15) is 30.4 Å². The van der Waals surface area contributed by atoms with Crippen molar-refractivity contribution in [1.29, 1.82) is 0 Å². The average molecular weight is 343 g/mol. The zero-order valence-corrected chi connectivity index (χ0v) is 13.7. The van der Waals surface area contributed by atoms with E-state index in [0.717, 1.165) is 5.56 Å². The number of ketones is 1. The molecule has 5 heteroatoms. The van der Waals surface area contributed by atoms with Crippen LogP contribution in [-0.2, 0) is 4.79 Å². The molecule has 0 amide bonds. The average Bonchev–Trinajstić information content (AvgIpc) is 2.55. The van der Waals surface area contributed by atoms with Gasteiger partial charge in [0.15, 0.2) is 0 Å². The molecule has 3 aromatic rings. The molecule has 24 heavy (non-hydrogen) atoms. The molecule has 1 aromatic heterocycles. The van der Waals surface area contributed by atoms with Gasteiger partial charge in [-0.2, -0.15) is 0 Å². The lowest BCUT2D eigenvalue weighted by molar-refractivity contribution is -0.117. The molecular formula is C19H15ClO4. The molecule has 0 saturated heterocycles. The highest BCUT2D eigenvalue weighted by Gasteiger charge is 2.25. The number of halogens is 1. The Morgan fingerprint density at radius 2 is 1.92 bits per heavy atom. The maximum atomic E-state index is 12.5. The third-order valence-corrected chi connectivity index (χ3v) is 4.15. The maximum Gasteiger partial charge on any atom is 0.343 e. The fourth-order valence-electron chi connectivity index (χ4n) is 2.84. The van der Waals surface area contributed by atoms with Crippen LogP contribution < -0.4 is 5.63 Å². The first-order valence-corrected chi connectivity index (χ1v) is 7.84. The van der Waals surface area contributed by atoms with Gasteiger partial charge in [-0.3, -0.25) is 4.79 Å². The molecule has 4 nitrogen and oxygen atoms in total. The Bertz CT molecular complexity index is 960. The van der Waals surface area contributed by atoms with Crippen LogP contribution in [0.25, 0.3) is 11.0 Å². The summed E-state index contributed by atoms with van der Waals surface area (Å²) in [6, 6.07) is 13.8. The van der Waals surface area contributed by atoms with Crippen molar-refractivity contribution < 1.29 is 14.3 Å². The highest BCUT2D eigenvalue weighted by molar-refractivity contribution is 6.31. The van der Waals surface area contributed by atoms with Gasteiger partial charge < -0.3 is 9.52 Å². The topological polar surface area (TPSA) is 67.5 Å². The van der Waals surface area contributed by atoms with Gasteiger partial charge >= 0.3 is 5.63 Å². The van der Waals surface area contributed by atoms with Crippen molar-refractivity contribution >= 4 is 28.4 Å². The van der Waals surface area contributed by atoms with Gasteiger partial charge in [-0.25, -0.2) is 4.79 Å². The standard InChI is InChI=1S/C19H15ClO4/c1-11(21)9-14(12-5-3-2-4-6-12)17-18(22)15-10-13(20)7-8-16(15)24-19(17)23/h2-8,10,14,22H,9H2,1H3/t14-/m0/s1. The minimum atomic E-state index is -0.655. The molecule has 1 atom stereocenters. The molecule has 0 unspecified atom stereocenters.